The molecule has 0 radical (unpaired) electrons. The van der Waals surface area contributed by atoms with E-state index >= 15 is 0 Å². The van der Waals surface area contributed by atoms with E-state index in [0.29, 0.717) is 14.1 Å². The highest BCUT2D eigenvalue weighted by Gasteiger charge is 2.03. The van der Waals surface area contributed by atoms with Crippen molar-refractivity contribution in [1.82, 2.24) is 10.2 Å². The molecule has 1 aromatic heterocycles. The molecule has 0 aliphatic rings. The molecule has 0 saturated carbocycles. The molecule has 1 aromatic carbocycles. The minimum Gasteiger partial charge on any atom is -0.329 e. The van der Waals surface area contributed by atoms with Crippen LogP contribution in [0.15, 0.2) is 22.7 Å². The number of halogens is 2. The second kappa shape index (κ2) is 4.61. The van der Waals surface area contributed by atoms with Crippen LogP contribution in [-0.2, 0) is 0 Å². The number of benzene rings is 1. The van der Waals surface area contributed by atoms with Crippen LogP contribution in [0.1, 0.15) is 0 Å². The van der Waals surface area contributed by atoms with Crippen molar-refractivity contribution < 1.29 is 0 Å². The summed E-state index contributed by atoms with van der Waals surface area (Å²) in [4.78, 5) is 0. The van der Waals surface area contributed by atoms with Crippen LogP contribution in [0.25, 0.3) is 0 Å². The van der Waals surface area contributed by atoms with Crippen LogP contribution >= 0.6 is 51.1 Å². The maximum atomic E-state index is 5.88. The highest BCUT2D eigenvalue weighted by atomic mass is 79.9. The average molecular weight is 323 g/mol. The first-order valence-electron chi connectivity index (χ1n) is 3.93. The van der Waals surface area contributed by atoms with E-state index in [-0.39, 0.29) is 0 Å². The quantitative estimate of drug-likeness (QED) is 0.807. The molecule has 0 spiro atoms. The number of aromatic nitrogens is 2. The molecular weight excluding hydrogens is 318 g/mol. The summed E-state index contributed by atoms with van der Waals surface area (Å²) in [6.45, 7) is 0. The Morgan fingerprint density at radius 1 is 1.53 bits per heavy atom. The van der Waals surface area contributed by atoms with Crippen LogP contribution in [0.3, 0.4) is 0 Å². The summed E-state index contributed by atoms with van der Waals surface area (Å²) >= 11 is 15.6. The second-order valence-corrected chi connectivity index (χ2v) is 5.62. The van der Waals surface area contributed by atoms with Gasteiger partial charge in [0.15, 0.2) is 3.95 Å². The number of nitrogens with one attached hydrogen (secondary N) is 2. The normalized spacial score (nSPS) is 10.3. The molecule has 78 valence electrons. The molecule has 15 heavy (non-hydrogen) atoms. The number of H-pyrrole nitrogens is 1. The van der Waals surface area contributed by atoms with Crippen molar-refractivity contribution in [1.29, 1.82) is 0 Å². The summed E-state index contributed by atoms with van der Waals surface area (Å²) in [6, 6.07) is 5.50. The Hall–Kier alpha value is -0.430. The van der Waals surface area contributed by atoms with E-state index in [0.717, 1.165) is 10.2 Å². The fraction of sp³-hybridized carbons (Fsp3) is 0. The van der Waals surface area contributed by atoms with Crippen molar-refractivity contribution in [2.45, 2.75) is 0 Å². The summed E-state index contributed by atoms with van der Waals surface area (Å²) < 4.78 is 1.56. The first kappa shape index (κ1) is 11.1. The van der Waals surface area contributed by atoms with E-state index in [4.69, 9.17) is 23.8 Å². The molecule has 2 rings (SSSR count). The van der Waals surface area contributed by atoms with Gasteiger partial charge in [-0.05, 0) is 46.3 Å². The number of rotatable bonds is 2. The number of aromatic amines is 1. The highest BCUT2D eigenvalue weighted by Crippen LogP contribution is 2.29. The van der Waals surface area contributed by atoms with Gasteiger partial charge in [0.25, 0.3) is 0 Å². The summed E-state index contributed by atoms with van der Waals surface area (Å²) in [7, 11) is 0. The first-order valence-corrected chi connectivity index (χ1v) is 6.32. The van der Waals surface area contributed by atoms with E-state index in [1.54, 1.807) is 0 Å². The topological polar surface area (TPSA) is 40.7 Å². The Morgan fingerprint density at radius 2 is 2.33 bits per heavy atom. The van der Waals surface area contributed by atoms with E-state index in [9.17, 15) is 0 Å². The van der Waals surface area contributed by atoms with Crippen molar-refractivity contribution in [3.05, 3.63) is 31.6 Å². The third kappa shape index (κ3) is 2.78. The van der Waals surface area contributed by atoms with Gasteiger partial charge in [0, 0.05) is 9.50 Å². The lowest BCUT2D eigenvalue weighted by Gasteiger charge is -2.04. The largest absolute Gasteiger partial charge is 0.329 e. The molecule has 0 aliphatic carbocycles. The van der Waals surface area contributed by atoms with Gasteiger partial charge in [-0.25, -0.2) is 0 Å². The zero-order valence-electron chi connectivity index (χ0n) is 7.25. The molecule has 3 nitrogen and oxygen atoms in total. The number of nitrogens with zero attached hydrogens (tertiary/aromatic N) is 1. The van der Waals surface area contributed by atoms with Gasteiger partial charge in [-0.3, -0.25) is 5.10 Å². The third-order valence-corrected chi connectivity index (χ3v) is 3.54. The number of anilines is 2. The first-order chi connectivity index (χ1) is 7.15. The summed E-state index contributed by atoms with van der Waals surface area (Å²) in [6.07, 6.45) is 0. The lowest BCUT2D eigenvalue weighted by molar-refractivity contribution is 1.08. The van der Waals surface area contributed by atoms with E-state index in [2.05, 4.69) is 31.4 Å². The standard InChI is InChI=1S/C8H5BrClN3S2/c9-5-2-1-4(10)3-6(5)11-7-12-13-8(14)15-7/h1-3H,(H,11,12)(H,13,14). The molecule has 0 saturated heterocycles. The molecule has 0 bridgehead atoms. The Bertz CT molecular complexity index is 537. The molecule has 2 aromatic rings. The predicted molar refractivity (Wildman–Crippen MR) is 69.7 cm³/mol. The molecule has 1 heterocycles. The van der Waals surface area contributed by atoms with E-state index < -0.39 is 0 Å². The summed E-state index contributed by atoms with van der Waals surface area (Å²) in [5.41, 5.74) is 0.861. The monoisotopic (exact) mass is 321 g/mol. The van der Waals surface area contributed by atoms with Gasteiger partial charge < -0.3 is 5.32 Å². The van der Waals surface area contributed by atoms with Crippen molar-refractivity contribution in [2.24, 2.45) is 0 Å². The highest BCUT2D eigenvalue weighted by molar-refractivity contribution is 9.10. The van der Waals surface area contributed by atoms with Crippen molar-refractivity contribution >= 4 is 61.9 Å². The lowest BCUT2D eigenvalue weighted by atomic mass is 10.3. The zero-order valence-corrected chi connectivity index (χ0v) is 11.2. The summed E-state index contributed by atoms with van der Waals surface area (Å²) in [5, 5.41) is 11.2. The van der Waals surface area contributed by atoms with Crippen LogP contribution in [0, 0.1) is 3.95 Å². The van der Waals surface area contributed by atoms with Gasteiger partial charge in [-0.2, -0.15) is 0 Å². The molecule has 0 amide bonds. The van der Waals surface area contributed by atoms with Crippen LogP contribution in [-0.4, -0.2) is 10.2 Å². The van der Waals surface area contributed by atoms with E-state index in [1.165, 1.54) is 11.3 Å². The van der Waals surface area contributed by atoms with Crippen molar-refractivity contribution in [2.75, 3.05) is 5.32 Å². The minimum absolute atomic E-state index is 0.635. The second-order valence-electron chi connectivity index (χ2n) is 2.67. The number of hydrogen-bond acceptors (Lipinski definition) is 4. The Kier molecular flexibility index (Phi) is 3.40. The molecule has 0 unspecified atom stereocenters. The summed E-state index contributed by atoms with van der Waals surface area (Å²) in [5.74, 6) is 0. The molecule has 0 atom stereocenters. The van der Waals surface area contributed by atoms with Crippen LogP contribution < -0.4 is 5.32 Å². The van der Waals surface area contributed by atoms with Crippen LogP contribution in [0.4, 0.5) is 10.8 Å². The SMILES string of the molecule is S=c1[nH]nc(Nc2cc(Cl)ccc2Br)s1. The molecule has 0 aliphatic heterocycles. The molecule has 7 heteroatoms. The fourth-order valence-corrected chi connectivity index (χ4v) is 2.31. The van der Waals surface area contributed by atoms with Crippen LogP contribution in [0.2, 0.25) is 5.02 Å². The van der Waals surface area contributed by atoms with E-state index in [1.807, 2.05) is 18.2 Å². The van der Waals surface area contributed by atoms with Crippen molar-refractivity contribution in [3.63, 3.8) is 0 Å². The Balaban J connectivity index is 2.31. The van der Waals surface area contributed by atoms with Gasteiger partial charge in [0.1, 0.15) is 0 Å². The molecular formula is C8H5BrClN3S2. The van der Waals surface area contributed by atoms with Gasteiger partial charge in [-0.1, -0.05) is 22.9 Å². The zero-order chi connectivity index (χ0) is 10.8. The minimum atomic E-state index is 0.635. The van der Waals surface area contributed by atoms with Gasteiger partial charge in [-0.15, -0.1) is 5.10 Å². The lowest BCUT2D eigenvalue weighted by Crippen LogP contribution is -1.90. The molecule has 2 N–H and O–H groups in total. The Labute approximate surface area is 109 Å². The fourth-order valence-electron chi connectivity index (χ4n) is 0.992. The predicted octanol–water partition coefficient (Wildman–Crippen LogP) is 4.36. The number of hydrogen-bond donors (Lipinski definition) is 2. The van der Waals surface area contributed by atoms with Gasteiger partial charge >= 0.3 is 0 Å². The third-order valence-electron chi connectivity index (χ3n) is 1.61. The van der Waals surface area contributed by atoms with Gasteiger partial charge in [0.05, 0.1) is 5.69 Å². The molecule has 0 fully saturated rings. The maximum Gasteiger partial charge on any atom is 0.208 e. The van der Waals surface area contributed by atoms with Gasteiger partial charge in [0.2, 0.25) is 5.13 Å². The smallest absolute Gasteiger partial charge is 0.208 e. The average Bonchev–Trinajstić information content (AvgIpc) is 2.58. The van der Waals surface area contributed by atoms with Crippen LogP contribution in [0.5, 0.6) is 0 Å². The van der Waals surface area contributed by atoms with Crippen molar-refractivity contribution in [3.8, 4) is 0 Å². The maximum absolute atomic E-state index is 5.88. The Morgan fingerprint density at radius 3 is 3.00 bits per heavy atom.